The molecule has 5 nitrogen and oxygen atoms in total. The second-order valence-electron chi connectivity index (χ2n) is 3.58. The third kappa shape index (κ3) is 3.30. The van der Waals surface area contributed by atoms with Crippen molar-refractivity contribution in [3.63, 3.8) is 0 Å². The van der Waals surface area contributed by atoms with E-state index < -0.39 is 11.0 Å². The highest BCUT2D eigenvalue weighted by atomic mass is 16.6. The molecular weight excluding hydrogens is 196 g/mol. The van der Waals surface area contributed by atoms with E-state index in [4.69, 9.17) is 5.73 Å². The van der Waals surface area contributed by atoms with Gasteiger partial charge in [0.2, 0.25) is 0 Å². The van der Waals surface area contributed by atoms with Crippen molar-refractivity contribution in [1.82, 2.24) is 0 Å². The zero-order valence-corrected chi connectivity index (χ0v) is 8.46. The monoisotopic (exact) mass is 210 g/mol. The van der Waals surface area contributed by atoms with Crippen LogP contribution in [0.5, 0.6) is 0 Å². The minimum atomic E-state index is -0.745. The average molecular weight is 210 g/mol. The lowest BCUT2D eigenvalue weighted by Crippen LogP contribution is -2.18. The summed E-state index contributed by atoms with van der Waals surface area (Å²) in [5.41, 5.74) is 6.05. The number of rotatable bonds is 4. The number of aliphatic hydroxyl groups excluding tert-OH is 1. The molecule has 0 aliphatic carbocycles. The van der Waals surface area contributed by atoms with E-state index >= 15 is 0 Å². The molecule has 3 N–H and O–H groups in total. The van der Waals surface area contributed by atoms with E-state index in [0.29, 0.717) is 12.0 Å². The van der Waals surface area contributed by atoms with E-state index in [0.717, 1.165) is 0 Å². The summed E-state index contributed by atoms with van der Waals surface area (Å²) in [5.74, 6) is 0. The maximum atomic E-state index is 10.5. The Kier molecular flexibility index (Phi) is 3.76. The van der Waals surface area contributed by atoms with Gasteiger partial charge in [0.1, 0.15) is 0 Å². The number of nitrogens with zero attached hydrogens (tertiary/aromatic N) is 1. The van der Waals surface area contributed by atoms with Crippen LogP contribution in [0.15, 0.2) is 24.3 Å². The molecule has 0 fully saturated rings. The van der Waals surface area contributed by atoms with E-state index in [-0.39, 0.29) is 11.7 Å². The van der Waals surface area contributed by atoms with Crippen molar-refractivity contribution in [2.24, 2.45) is 5.73 Å². The minimum Gasteiger partial charge on any atom is -0.388 e. The summed E-state index contributed by atoms with van der Waals surface area (Å²) in [7, 11) is 0. The first kappa shape index (κ1) is 11.6. The van der Waals surface area contributed by atoms with Crippen LogP contribution in [-0.4, -0.2) is 16.1 Å². The molecule has 0 radical (unpaired) electrons. The molecule has 0 aliphatic heterocycles. The summed E-state index contributed by atoms with van der Waals surface area (Å²) >= 11 is 0. The number of aliphatic hydroxyl groups is 1. The van der Waals surface area contributed by atoms with E-state index in [1.807, 2.05) is 0 Å². The number of hydrogen-bond donors (Lipinski definition) is 2. The first-order valence-corrected chi connectivity index (χ1v) is 4.68. The largest absolute Gasteiger partial charge is 0.388 e. The lowest BCUT2D eigenvalue weighted by molar-refractivity contribution is -0.385. The number of nitro groups is 1. The molecule has 0 aliphatic rings. The van der Waals surface area contributed by atoms with Crippen LogP contribution in [0.3, 0.4) is 0 Å². The van der Waals surface area contributed by atoms with Crippen molar-refractivity contribution in [2.45, 2.75) is 25.5 Å². The van der Waals surface area contributed by atoms with Crippen molar-refractivity contribution in [3.05, 3.63) is 39.9 Å². The van der Waals surface area contributed by atoms with Crippen LogP contribution >= 0.6 is 0 Å². The summed E-state index contributed by atoms with van der Waals surface area (Å²) in [5, 5.41) is 20.2. The van der Waals surface area contributed by atoms with Gasteiger partial charge in [-0.3, -0.25) is 10.1 Å². The predicted molar refractivity (Wildman–Crippen MR) is 56.3 cm³/mol. The van der Waals surface area contributed by atoms with Crippen LogP contribution in [0.25, 0.3) is 0 Å². The van der Waals surface area contributed by atoms with Crippen LogP contribution < -0.4 is 5.73 Å². The molecule has 15 heavy (non-hydrogen) atoms. The number of nitro benzene ring substituents is 1. The molecule has 1 rings (SSSR count). The Bertz CT molecular complexity index is 352. The maximum absolute atomic E-state index is 10.5. The SMILES string of the molecule is CC(N)CC(O)c1cccc([N+](=O)[O-])c1. The summed E-state index contributed by atoms with van der Waals surface area (Å²) in [6.07, 6.45) is -0.355. The summed E-state index contributed by atoms with van der Waals surface area (Å²) < 4.78 is 0. The molecule has 0 saturated heterocycles. The lowest BCUT2D eigenvalue weighted by atomic mass is 10.0. The normalized spacial score (nSPS) is 14.6. The highest BCUT2D eigenvalue weighted by Crippen LogP contribution is 2.21. The fraction of sp³-hybridized carbons (Fsp3) is 0.400. The highest BCUT2D eigenvalue weighted by molar-refractivity contribution is 5.35. The molecule has 0 saturated carbocycles. The quantitative estimate of drug-likeness (QED) is 0.580. The van der Waals surface area contributed by atoms with Gasteiger partial charge in [0.05, 0.1) is 11.0 Å². The van der Waals surface area contributed by atoms with Gasteiger partial charge in [-0.05, 0) is 18.9 Å². The Morgan fingerprint density at radius 3 is 2.80 bits per heavy atom. The molecule has 0 aromatic heterocycles. The van der Waals surface area contributed by atoms with E-state index in [2.05, 4.69) is 0 Å². The Morgan fingerprint density at radius 2 is 2.27 bits per heavy atom. The van der Waals surface area contributed by atoms with Gasteiger partial charge in [0.25, 0.3) is 5.69 Å². The summed E-state index contributed by atoms with van der Waals surface area (Å²) in [4.78, 5) is 10.0. The molecule has 0 amide bonds. The first-order valence-electron chi connectivity index (χ1n) is 4.68. The molecular formula is C10H14N2O3. The van der Waals surface area contributed by atoms with Crippen LogP contribution in [-0.2, 0) is 0 Å². The maximum Gasteiger partial charge on any atom is 0.269 e. The van der Waals surface area contributed by atoms with Crippen LogP contribution in [0.1, 0.15) is 25.0 Å². The third-order valence-corrected chi connectivity index (χ3v) is 2.06. The first-order chi connectivity index (χ1) is 7.00. The van der Waals surface area contributed by atoms with Crippen molar-refractivity contribution in [1.29, 1.82) is 0 Å². The molecule has 1 aromatic rings. The lowest BCUT2D eigenvalue weighted by Gasteiger charge is -2.12. The van der Waals surface area contributed by atoms with Crippen LogP contribution in [0.2, 0.25) is 0 Å². The van der Waals surface area contributed by atoms with E-state index in [9.17, 15) is 15.2 Å². The van der Waals surface area contributed by atoms with Gasteiger partial charge in [-0.1, -0.05) is 12.1 Å². The molecule has 2 unspecified atom stereocenters. The summed E-state index contributed by atoms with van der Waals surface area (Å²) in [6.45, 7) is 1.78. The Labute approximate surface area is 87.7 Å². The number of hydrogen-bond acceptors (Lipinski definition) is 4. The van der Waals surface area contributed by atoms with Gasteiger partial charge >= 0.3 is 0 Å². The molecule has 0 heterocycles. The minimum absolute atomic E-state index is 0.0174. The highest BCUT2D eigenvalue weighted by Gasteiger charge is 2.13. The van der Waals surface area contributed by atoms with Gasteiger partial charge in [-0.15, -0.1) is 0 Å². The van der Waals surface area contributed by atoms with Gasteiger partial charge < -0.3 is 10.8 Å². The summed E-state index contributed by atoms with van der Waals surface area (Å²) in [6, 6.07) is 5.83. The molecule has 0 bridgehead atoms. The zero-order chi connectivity index (χ0) is 11.4. The van der Waals surface area contributed by atoms with Crippen molar-refractivity contribution < 1.29 is 10.0 Å². The fourth-order valence-corrected chi connectivity index (χ4v) is 1.33. The number of nitrogens with two attached hydrogens (primary N) is 1. The third-order valence-electron chi connectivity index (χ3n) is 2.06. The van der Waals surface area contributed by atoms with Crippen molar-refractivity contribution in [2.75, 3.05) is 0 Å². The average Bonchev–Trinajstić information content (AvgIpc) is 2.17. The second-order valence-corrected chi connectivity index (χ2v) is 3.58. The van der Waals surface area contributed by atoms with Gasteiger partial charge in [-0.25, -0.2) is 0 Å². The van der Waals surface area contributed by atoms with Crippen LogP contribution in [0, 0.1) is 10.1 Å². The van der Waals surface area contributed by atoms with E-state index in [1.54, 1.807) is 19.1 Å². The van der Waals surface area contributed by atoms with E-state index in [1.165, 1.54) is 12.1 Å². The predicted octanol–water partition coefficient (Wildman–Crippen LogP) is 1.37. The van der Waals surface area contributed by atoms with Crippen molar-refractivity contribution >= 4 is 5.69 Å². The molecule has 82 valence electrons. The molecule has 0 spiro atoms. The van der Waals surface area contributed by atoms with Gasteiger partial charge in [-0.2, -0.15) is 0 Å². The van der Waals surface area contributed by atoms with Gasteiger partial charge in [0.15, 0.2) is 0 Å². The van der Waals surface area contributed by atoms with Crippen molar-refractivity contribution in [3.8, 4) is 0 Å². The smallest absolute Gasteiger partial charge is 0.269 e. The number of benzene rings is 1. The standard InChI is InChI=1S/C10H14N2O3/c1-7(11)5-10(13)8-3-2-4-9(6-8)12(14)15/h2-4,6-7,10,13H,5,11H2,1H3. The Balaban J connectivity index is 2.85. The molecule has 5 heteroatoms. The van der Waals surface area contributed by atoms with Gasteiger partial charge in [0, 0.05) is 18.2 Å². The molecule has 2 atom stereocenters. The Hall–Kier alpha value is -1.46. The Morgan fingerprint density at radius 1 is 1.60 bits per heavy atom. The molecule has 1 aromatic carbocycles. The zero-order valence-electron chi connectivity index (χ0n) is 8.46. The fourth-order valence-electron chi connectivity index (χ4n) is 1.33. The van der Waals surface area contributed by atoms with Crippen LogP contribution in [0.4, 0.5) is 5.69 Å². The topological polar surface area (TPSA) is 89.4 Å². The number of non-ortho nitro benzene ring substituents is 1. The second kappa shape index (κ2) is 4.86.